The van der Waals surface area contributed by atoms with E-state index in [4.69, 9.17) is 15.9 Å². The van der Waals surface area contributed by atoms with E-state index in [-0.39, 0.29) is 6.61 Å². The molecule has 0 aromatic heterocycles. The molecule has 0 saturated heterocycles. The first kappa shape index (κ1) is 17.5. The van der Waals surface area contributed by atoms with Crippen molar-refractivity contribution in [3.05, 3.63) is 65.7 Å². The fraction of sp³-hybridized carbons (Fsp3) is 0.238. The van der Waals surface area contributed by atoms with E-state index in [1.165, 1.54) is 5.56 Å². The minimum absolute atomic E-state index is 0.210. The number of methoxy groups -OCH3 is 1. The number of ether oxygens (including phenoxy) is 2. The average Bonchev–Trinajstić information content (AvgIpc) is 2.60. The second-order valence-electron chi connectivity index (χ2n) is 5.44. The van der Waals surface area contributed by atoms with Crippen molar-refractivity contribution in [3.63, 3.8) is 0 Å². The maximum Gasteiger partial charge on any atom is 0.166 e. The summed E-state index contributed by atoms with van der Waals surface area (Å²) in [5, 5.41) is 3.46. The van der Waals surface area contributed by atoms with Crippen molar-refractivity contribution in [2.45, 2.75) is 19.9 Å². The summed E-state index contributed by atoms with van der Waals surface area (Å²) >= 11 is 0. The molecule has 0 amide bonds. The smallest absolute Gasteiger partial charge is 0.166 e. The van der Waals surface area contributed by atoms with Gasteiger partial charge in [-0.3, -0.25) is 0 Å². The lowest BCUT2D eigenvalue weighted by Gasteiger charge is -2.16. The number of hydrogen-bond acceptors (Lipinski definition) is 3. The Labute approximate surface area is 144 Å². The van der Waals surface area contributed by atoms with E-state index in [1.54, 1.807) is 7.11 Å². The summed E-state index contributed by atoms with van der Waals surface area (Å²) < 4.78 is 11.2. The number of anilines is 1. The molecule has 0 aliphatic rings. The van der Waals surface area contributed by atoms with Crippen LogP contribution in [0.5, 0.6) is 11.5 Å². The van der Waals surface area contributed by atoms with E-state index in [9.17, 15) is 0 Å². The minimum Gasteiger partial charge on any atom is -0.493 e. The van der Waals surface area contributed by atoms with Gasteiger partial charge in [-0.05, 0) is 42.7 Å². The van der Waals surface area contributed by atoms with Crippen molar-refractivity contribution in [1.82, 2.24) is 0 Å². The van der Waals surface area contributed by atoms with Crippen LogP contribution < -0.4 is 14.8 Å². The Morgan fingerprint density at radius 1 is 1.29 bits per heavy atom. The monoisotopic (exact) mass is 321 g/mol. The lowest BCUT2D eigenvalue weighted by molar-refractivity contribution is 0.328. The maximum absolute atomic E-state index is 5.67. The lowest BCUT2D eigenvalue weighted by Crippen LogP contribution is -2.05. The van der Waals surface area contributed by atoms with Gasteiger partial charge in [-0.2, -0.15) is 0 Å². The molecule has 0 saturated carbocycles. The van der Waals surface area contributed by atoms with Crippen LogP contribution in [0.4, 0.5) is 5.69 Å². The number of rotatable bonds is 8. The van der Waals surface area contributed by atoms with E-state index in [2.05, 4.69) is 42.9 Å². The number of hydrogen-bond donors (Lipinski definition) is 1. The number of nitrogens with one attached hydrogen (secondary N) is 1. The molecule has 2 aromatic carbocycles. The van der Waals surface area contributed by atoms with E-state index in [1.807, 2.05) is 24.3 Å². The Morgan fingerprint density at radius 2 is 2.08 bits per heavy atom. The van der Waals surface area contributed by atoms with Gasteiger partial charge >= 0.3 is 0 Å². The highest BCUT2D eigenvalue weighted by atomic mass is 16.5. The summed E-state index contributed by atoms with van der Waals surface area (Å²) in [6.07, 6.45) is 7.83. The second kappa shape index (κ2) is 8.69. The average molecular weight is 321 g/mol. The number of benzene rings is 2. The Bertz CT molecular complexity index is 744. The summed E-state index contributed by atoms with van der Waals surface area (Å²) in [5.74, 6) is 3.86. The van der Waals surface area contributed by atoms with Crippen LogP contribution in [0.3, 0.4) is 0 Å². The Balaban J connectivity index is 2.27. The Hall–Kier alpha value is -2.86. The topological polar surface area (TPSA) is 30.5 Å². The molecule has 0 radical (unpaired) electrons. The number of terminal acetylenes is 1. The number of allylic oxidation sites excluding steroid dienone is 1. The summed E-state index contributed by atoms with van der Waals surface area (Å²) in [7, 11) is 1.63. The molecule has 3 heteroatoms. The molecule has 0 bridgehead atoms. The normalized spacial score (nSPS) is 9.88. The van der Waals surface area contributed by atoms with Crippen molar-refractivity contribution in [2.24, 2.45) is 0 Å². The quantitative estimate of drug-likeness (QED) is 0.579. The van der Waals surface area contributed by atoms with Gasteiger partial charge in [-0.25, -0.2) is 0 Å². The van der Waals surface area contributed by atoms with Crippen LogP contribution in [0.2, 0.25) is 0 Å². The zero-order valence-electron chi connectivity index (χ0n) is 14.3. The molecule has 24 heavy (non-hydrogen) atoms. The number of para-hydroxylation sites is 1. The molecule has 2 rings (SSSR count). The van der Waals surface area contributed by atoms with Gasteiger partial charge in [0.1, 0.15) is 6.61 Å². The molecular formula is C21H23NO2. The summed E-state index contributed by atoms with van der Waals surface area (Å²) in [4.78, 5) is 0. The van der Waals surface area contributed by atoms with Crippen LogP contribution in [0.1, 0.15) is 16.7 Å². The van der Waals surface area contributed by atoms with E-state index >= 15 is 0 Å². The second-order valence-corrected chi connectivity index (χ2v) is 5.44. The van der Waals surface area contributed by atoms with Crippen LogP contribution in [0, 0.1) is 19.3 Å². The highest BCUT2D eigenvalue weighted by molar-refractivity contribution is 5.53. The molecule has 0 spiro atoms. The minimum atomic E-state index is 0.210. The molecule has 2 aromatic rings. The van der Waals surface area contributed by atoms with E-state index in [0.29, 0.717) is 24.5 Å². The van der Waals surface area contributed by atoms with Crippen molar-refractivity contribution >= 4 is 5.69 Å². The third-order valence-electron chi connectivity index (χ3n) is 3.70. The van der Waals surface area contributed by atoms with Gasteiger partial charge < -0.3 is 14.8 Å². The van der Waals surface area contributed by atoms with Crippen LogP contribution in [0.25, 0.3) is 0 Å². The zero-order valence-corrected chi connectivity index (χ0v) is 14.3. The van der Waals surface area contributed by atoms with Crippen LogP contribution in [0.15, 0.2) is 49.1 Å². The maximum atomic E-state index is 5.67. The van der Waals surface area contributed by atoms with E-state index < -0.39 is 0 Å². The Morgan fingerprint density at radius 3 is 2.75 bits per heavy atom. The highest BCUT2D eigenvalue weighted by Gasteiger charge is 2.12. The molecule has 1 N–H and O–H groups in total. The summed E-state index contributed by atoms with van der Waals surface area (Å²) in [6.45, 7) is 6.81. The van der Waals surface area contributed by atoms with Crippen molar-refractivity contribution in [3.8, 4) is 23.8 Å². The standard InChI is InChI=1S/C21H23NO2/c1-5-9-18-13-17(14-20(23-4)21(18)24-12-6-2)15-22-19-11-8-7-10-16(19)3/h2,5,7-8,10-11,13-14,22H,1,9,12,15H2,3-4H3. The van der Waals surface area contributed by atoms with Gasteiger partial charge in [0.2, 0.25) is 0 Å². The third-order valence-corrected chi connectivity index (χ3v) is 3.70. The van der Waals surface area contributed by atoms with Gasteiger partial charge in [0.15, 0.2) is 11.5 Å². The summed E-state index contributed by atoms with van der Waals surface area (Å²) in [6, 6.07) is 12.3. The van der Waals surface area contributed by atoms with Gasteiger partial charge in [0.25, 0.3) is 0 Å². The van der Waals surface area contributed by atoms with Gasteiger partial charge in [0.05, 0.1) is 7.11 Å². The van der Waals surface area contributed by atoms with Crippen molar-refractivity contribution in [2.75, 3.05) is 19.0 Å². The largest absolute Gasteiger partial charge is 0.493 e. The van der Waals surface area contributed by atoms with Crippen molar-refractivity contribution in [1.29, 1.82) is 0 Å². The molecular weight excluding hydrogens is 298 g/mol. The SMILES string of the molecule is C#CCOc1c(CC=C)cc(CNc2ccccc2C)cc1OC. The van der Waals surface area contributed by atoms with Gasteiger partial charge in [0, 0.05) is 17.8 Å². The molecule has 0 aliphatic heterocycles. The van der Waals surface area contributed by atoms with E-state index in [0.717, 1.165) is 16.8 Å². The van der Waals surface area contributed by atoms with Crippen LogP contribution in [-0.2, 0) is 13.0 Å². The predicted molar refractivity (Wildman–Crippen MR) is 99.7 cm³/mol. The predicted octanol–water partition coefficient (Wildman–Crippen LogP) is 4.36. The third kappa shape index (κ3) is 4.33. The Kier molecular flexibility index (Phi) is 6.33. The molecule has 0 fully saturated rings. The first-order chi connectivity index (χ1) is 11.7. The molecule has 0 unspecified atom stereocenters. The first-order valence-corrected chi connectivity index (χ1v) is 7.86. The lowest BCUT2D eigenvalue weighted by atomic mass is 10.0. The number of aryl methyl sites for hydroxylation is 1. The molecule has 0 atom stereocenters. The fourth-order valence-electron chi connectivity index (χ4n) is 2.53. The van der Waals surface area contributed by atoms with Crippen LogP contribution >= 0.6 is 0 Å². The summed E-state index contributed by atoms with van der Waals surface area (Å²) in [5.41, 5.74) is 4.46. The highest BCUT2D eigenvalue weighted by Crippen LogP contribution is 2.34. The molecule has 0 heterocycles. The van der Waals surface area contributed by atoms with Crippen LogP contribution in [-0.4, -0.2) is 13.7 Å². The molecule has 0 aliphatic carbocycles. The van der Waals surface area contributed by atoms with Gasteiger partial charge in [-0.1, -0.05) is 30.2 Å². The zero-order chi connectivity index (χ0) is 17.4. The van der Waals surface area contributed by atoms with Gasteiger partial charge in [-0.15, -0.1) is 13.0 Å². The fourth-order valence-corrected chi connectivity index (χ4v) is 2.53. The molecule has 3 nitrogen and oxygen atoms in total. The molecule has 124 valence electrons. The van der Waals surface area contributed by atoms with Crippen molar-refractivity contribution < 1.29 is 9.47 Å². The first-order valence-electron chi connectivity index (χ1n) is 7.86.